The fourth-order valence-electron chi connectivity index (χ4n) is 4.06. The third-order valence-corrected chi connectivity index (χ3v) is 6.03. The second-order valence-electron chi connectivity index (χ2n) is 8.23. The molecule has 1 amide bonds. The number of methoxy groups -OCH3 is 1. The van der Waals surface area contributed by atoms with Gasteiger partial charge in [-0.2, -0.15) is 5.26 Å². The van der Waals surface area contributed by atoms with Gasteiger partial charge in [-0.15, -0.1) is 0 Å². The lowest BCUT2D eigenvalue weighted by Gasteiger charge is -2.09. The normalized spacial score (nSPS) is 11.2. The van der Waals surface area contributed by atoms with Crippen LogP contribution in [0.4, 0.5) is 5.69 Å². The van der Waals surface area contributed by atoms with Gasteiger partial charge in [0.1, 0.15) is 17.4 Å². The van der Waals surface area contributed by atoms with Gasteiger partial charge in [0.25, 0.3) is 11.6 Å². The molecule has 0 saturated carbocycles. The Balaban J connectivity index is 1.62. The first-order valence-electron chi connectivity index (χ1n) is 11.3. The van der Waals surface area contributed by atoms with Crippen molar-refractivity contribution in [3.05, 3.63) is 111 Å². The van der Waals surface area contributed by atoms with Crippen LogP contribution in [-0.2, 0) is 17.9 Å². The minimum absolute atomic E-state index is 0.00449. The van der Waals surface area contributed by atoms with Crippen LogP contribution in [0.15, 0.2) is 78.4 Å². The number of nitro benzene ring substituents is 1. The van der Waals surface area contributed by atoms with Crippen molar-refractivity contribution in [1.82, 2.24) is 9.88 Å². The van der Waals surface area contributed by atoms with E-state index in [-0.39, 0.29) is 17.8 Å². The molecule has 1 aromatic heterocycles. The minimum Gasteiger partial charge on any atom is -0.497 e. The fraction of sp³-hybridized carbons (Fsp3) is 0.143. The fourth-order valence-corrected chi connectivity index (χ4v) is 4.06. The predicted octanol–water partition coefficient (Wildman–Crippen LogP) is 5.14. The molecule has 0 fully saturated rings. The van der Waals surface area contributed by atoms with Crippen LogP contribution in [0.5, 0.6) is 5.75 Å². The van der Waals surface area contributed by atoms with Gasteiger partial charge in [0.05, 0.1) is 12.0 Å². The van der Waals surface area contributed by atoms with Crippen LogP contribution in [0.1, 0.15) is 22.4 Å². The zero-order chi connectivity index (χ0) is 25.7. The van der Waals surface area contributed by atoms with Gasteiger partial charge in [-0.3, -0.25) is 14.9 Å². The van der Waals surface area contributed by atoms with Crippen molar-refractivity contribution >= 4 is 28.6 Å². The number of para-hydroxylation sites is 1. The first kappa shape index (κ1) is 24.2. The number of nitriles is 1. The number of nitrogens with one attached hydrogen (secondary N) is 1. The number of fused-ring (bicyclic) bond motifs is 1. The van der Waals surface area contributed by atoms with Crippen LogP contribution < -0.4 is 10.1 Å². The zero-order valence-corrected chi connectivity index (χ0v) is 19.9. The second-order valence-corrected chi connectivity index (χ2v) is 8.23. The first-order valence-corrected chi connectivity index (χ1v) is 11.3. The molecular weight excluding hydrogens is 456 g/mol. The molecule has 0 saturated heterocycles. The van der Waals surface area contributed by atoms with Crippen molar-refractivity contribution in [3.8, 4) is 11.8 Å². The highest BCUT2D eigenvalue weighted by Gasteiger charge is 2.16. The van der Waals surface area contributed by atoms with E-state index in [1.165, 1.54) is 12.1 Å². The van der Waals surface area contributed by atoms with Gasteiger partial charge in [0.15, 0.2) is 0 Å². The number of ether oxygens (including phenoxy) is 1. The number of benzene rings is 3. The number of hydrogen-bond acceptors (Lipinski definition) is 5. The van der Waals surface area contributed by atoms with Gasteiger partial charge < -0.3 is 14.6 Å². The first-order chi connectivity index (χ1) is 17.4. The molecule has 0 radical (unpaired) electrons. The molecule has 4 rings (SSSR count). The number of carbonyl (C=O) groups excluding carboxylic acids is 1. The van der Waals surface area contributed by atoms with Crippen molar-refractivity contribution in [2.45, 2.75) is 20.0 Å². The van der Waals surface area contributed by atoms with E-state index in [0.717, 1.165) is 39.0 Å². The molecular formula is C28H24N4O4. The van der Waals surface area contributed by atoms with Gasteiger partial charge in [0.2, 0.25) is 0 Å². The maximum absolute atomic E-state index is 12.8. The Hall–Kier alpha value is -4.90. The highest BCUT2D eigenvalue weighted by atomic mass is 16.6. The average Bonchev–Trinajstić information content (AvgIpc) is 3.16. The van der Waals surface area contributed by atoms with Gasteiger partial charge >= 0.3 is 0 Å². The molecule has 0 bridgehead atoms. The van der Waals surface area contributed by atoms with Crippen LogP contribution in [0, 0.1) is 28.4 Å². The molecule has 4 aromatic rings. The van der Waals surface area contributed by atoms with E-state index in [0.29, 0.717) is 6.54 Å². The van der Waals surface area contributed by atoms with Gasteiger partial charge in [-0.25, -0.2) is 0 Å². The Bertz CT molecular complexity index is 1490. The summed E-state index contributed by atoms with van der Waals surface area (Å²) in [5.41, 5.74) is 4.43. The average molecular weight is 481 g/mol. The Morgan fingerprint density at radius 2 is 1.75 bits per heavy atom. The smallest absolute Gasteiger partial charge is 0.269 e. The molecule has 0 spiro atoms. The maximum atomic E-state index is 12.8. The Morgan fingerprint density at radius 1 is 1.08 bits per heavy atom. The summed E-state index contributed by atoms with van der Waals surface area (Å²) in [4.78, 5) is 23.4. The van der Waals surface area contributed by atoms with Crippen LogP contribution >= 0.6 is 0 Å². The number of carbonyl (C=O) groups is 1. The Kier molecular flexibility index (Phi) is 7.12. The quantitative estimate of drug-likeness (QED) is 0.163. The van der Waals surface area contributed by atoms with E-state index in [1.54, 1.807) is 25.3 Å². The molecule has 1 heterocycles. The highest BCUT2D eigenvalue weighted by Crippen LogP contribution is 2.29. The van der Waals surface area contributed by atoms with E-state index in [1.807, 2.05) is 61.5 Å². The Morgan fingerprint density at radius 3 is 2.39 bits per heavy atom. The van der Waals surface area contributed by atoms with Crippen LogP contribution in [-0.4, -0.2) is 22.5 Å². The summed E-state index contributed by atoms with van der Waals surface area (Å²) in [6.45, 7) is 2.70. The maximum Gasteiger partial charge on any atom is 0.269 e. The molecule has 3 aromatic carbocycles. The number of hydrogen-bond donors (Lipinski definition) is 1. The monoisotopic (exact) mass is 480 g/mol. The largest absolute Gasteiger partial charge is 0.497 e. The summed E-state index contributed by atoms with van der Waals surface area (Å²) in [5, 5.41) is 24.4. The summed E-state index contributed by atoms with van der Waals surface area (Å²) in [7, 11) is 1.59. The molecule has 8 heteroatoms. The van der Waals surface area contributed by atoms with Crippen molar-refractivity contribution in [2.24, 2.45) is 0 Å². The minimum atomic E-state index is -0.458. The lowest BCUT2D eigenvalue weighted by molar-refractivity contribution is -0.384. The topological polar surface area (TPSA) is 110 Å². The van der Waals surface area contributed by atoms with Gasteiger partial charge in [-0.1, -0.05) is 42.5 Å². The standard InChI is InChI=1S/C28H24N4O4/c1-19-26(15-22(16-29)28(33)30-17-20-9-13-24(36-2)14-10-20)25-5-3-4-6-27(25)31(19)18-21-7-11-23(12-8-21)32(34)35/h3-15H,17-18H2,1-2H3,(H,30,33)/b22-15-. The molecule has 0 aliphatic heterocycles. The number of nitrogens with zero attached hydrogens (tertiary/aromatic N) is 3. The van der Waals surface area contributed by atoms with E-state index >= 15 is 0 Å². The molecule has 0 aliphatic rings. The number of rotatable bonds is 8. The van der Waals surface area contributed by atoms with Gasteiger partial charge in [-0.05, 0) is 42.3 Å². The molecule has 180 valence electrons. The van der Waals surface area contributed by atoms with Crippen LogP contribution in [0.3, 0.4) is 0 Å². The lowest BCUT2D eigenvalue weighted by atomic mass is 10.1. The number of nitro groups is 1. The van der Waals surface area contributed by atoms with E-state index < -0.39 is 10.8 Å². The SMILES string of the molecule is COc1ccc(CNC(=O)/C(C#N)=C\c2c(C)n(Cc3ccc([N+](=O)[O-])cc3)c3ccccc23)cc1. The van der Waals surface area contributed by atoms with E-state index in [2.05, 4.69) is 9.88 Å². The van der Waals surface area contributed by atoms with Crippen LogP contribution in [0.2, 0.25) is 0 Å². The highest BCUT2D eigenvalue weighted by molar-refractivity contribution is 6.04. The van der Waals surface area contributed by atoms with Crippen molar-refractivity contribution in [3.63, 3.8) is 0 Å². The summed E-state index contributed by atoms with van der Waals surface area (Å²) in [6.07, 6.45) is 1.62. The molecule has 1 N–H and O–H groups in total. The van der Waals surface area contributed by atoms with Gasteiger partial charge in [0, 0.05) is 47.4 Å². The second kappa shape index (κ2) is 10.6. The van der Waals surface area contributed by atoms with E-state index in [9.17, 15) is 20.2 Å². The van der Waals surface area contributed by atoms with Crippen molar-refractivity contribution in [2.75, 3.05) is 7.11 Å². The number of aromatic nitrogens is 1. The summed E-state index contributed by atoms with van der Waals surface area (Å²) < 4.78 is 7.22. The molecule has 0 unspecified atom stereocenters. The lowest BCUT2D eigenvalue weighted by Crippen LogP contribution is -2.23. The van der Waals surface area contributed by atoms with Crippen molar-refractivity contribution in [1.29, 1.82) is 5.26 Å². The molecule has 36 heavy (non-hydrogen) atoms. The third-order valence-electron chi connectivity index (χ3n) is 6.03. The zero-order valence-electron chi connectivity index (χ0n) is 19.9. The molecule has 8 nitrogen and oxygen atoms in total. The van der Waals surface area contributed by atoms with Crippen LogP contribution in [0.25, 0.3) is 17.0 Å². The van der Waals surface area contributed by atoms with E-state index in [4.69, 9.17) is 4.74 Å². The summed E-state index contributed by atoms with van der Waals surface area (Å²) in [6, 6.07) is 23.5. The third kappa shape index (κ3) is 5.10. The Labute approximate surface area is 208 Å². The number of amides is 1. The summed E-state index contributed by atoms with van der Waals surface area (Å²) >= 11 is 0. The summed E-state index contributed by atoms with van der Waals surface area (Å²) in [5.74, 6) is 0.267. The predicted molar refractivity (Wildman–Crippen MR) is 137 cm³/mol. The molecule has 0 atom stereocenters. The number of non-ortho nitro benzene ring substituents is 1. The molecule has 0 aliphatic carbocycles. The van der Waals surface area contributed by atoms with Crippen molar-refractivity contribution < 1.29 is 14.5 Å².